The Morgan fingerprint density at radius 2 is 1.67 bits per heavy atom. The number of rotatable bonds is 7. The van der Waals surface area contributed by atoms with Crippen LogP contribution in [0.3, 0.4) is 0 Å². The van der Waals surface area contributed by atoms with E-state index < -0.39 is 39.8 Å². The van der Waals surface area contributed by atoms with Gasteiger partial charge in [0.05, 0.1) is 19.0 Å². The summed E-state index contributed by atoms with van der Waals surface area (Å²) in [6.07, 6.45) is 0.996. The average molecular weight is 699 g/mol. The zero-order valence-electron chi connectivity index (χ0n) is 22.6. The Labute approximate surface area is 261 Å². The highest BCUT2D eigenvalue weighted by atomic mass is 79.9. The molecule has 0 saturated carbocycles. The van der Waals surface area contributed by atoms with Gasteiger partial charge in [-0.2, -0.15) is 4.31 Å². The molecule has 42 heavy (non-hydrogen) atoms. The Bertz CT molecular complexity index is 1650. The normalized spacial score (nSPS) is 19.2. The molecule has 0 radical (unpaired) electrons. The van der Waals surface area contributed by atoms with Crippen molar-refractivity contribution in [2.24, 2.45) is 0 Å². The lowest BCUT2D eigenvalue weighted by molar-refractivity contribution is -0.147. The number of halogens is 3. The summed E-state index contributed by atoms with van der Waals surface area (Å²) < 4.78 is 36.2. The largest absolute Gasteiger partial charge is 0.469 e. The van der Waals surface area contributed by atoms with Crippen LogP contribution in [0.15, 0.2) is 58.2 Å². The molecule has 1 aromatic heterocycles. The number of esters is 1. The molecule has 3 heterocycles. The molecule has 2 aromatic carbocycles. The SMILES string of the molecule is COC(=O)CC(=O)N1CCN(S(=O)(=O)c2cnc3n2C(C)(Cc2ccc(Br)cc2)C(=O)N3c2cc(Cl)cc(Cl)c2)CC1. The molecule has 2 aliphatic heterocycles. The second-order valence-electron chi connectivity index (χ2n) is 10.1. The molecular formula is C27H26BrCl2N5O6S. The number of nitrogens with zero attached hydrogens (tertiary/aromatic N) is 5. The molecule has 1 fully saturated rings. The molecular weight excluding hydrogens is 673 g/mol. The molecule has 0 aliphatic carbocycles. The number of ether oxygens (including phenoxy) is 1. The molecule has 3 aromatic rings. The molecule has 15 heteroatoms. The van der Waals surface area contributed by atoms with E-state index in [1.807, 2.05) is 24.3 Å². The molecule has 1 atom stereocenters. The second kappa shape index (κ2) is 11.6. The maximum Gasteiger partial charge on any atom is 0.315 e. The number of imidazole rings is 1. The highest BCUT2D eigenvalue weighted by Gasteiger charge is 2.52. The summed E-state index contributed by atoms with van der Waals surface area (Å²) >= 11 is 15.9. The highest BCUT2D eigenvalue weighted by Crippen LogP contribution is 2.45. The molecule has 1 saturated heterocycles. The Hall–Kier alpha value is -2.97. The zero-order valence-corrected chi connectivity index (χ0v) is 26.5. The summed E-state index contributed by atoms with van der Waals surface area (Å²) in [4.78, 5) is 45.3. The Morgan fingerprint density at radius 1 is 1.05 bits per heavy atom. The number of benzene rings is 2. The first-order valence-electron chi connectivity index (χ1n) is 12.8. The van der Waals surface area contributed by atoms with Gasteiger partial charge in [-0.3, -0.25) is 19.0 Å². The monoisotopic (exact) mass is 697 g/mol. The highest BCUT2D eigenvalue weighted by molar-refractivity contribution is 9.10. The third-order valence-electron chi connectivity index (χ3n) is 7.35. The summed E-state index contributed by atoms with van der Waals surface area (Å²) in [7, 11) is -2.97. The van der Waals surface area contributed by atoms with Gasteiger partial charge in [0, 0.05) is 47.1 Å². The van der Waals surface area contributed by atoms with Gasteiger partial charge in [0.15, 0.2) is 5.03 Å². The third-order valence-corrected chi connectivity index (χ3v) is 10.2. The second-order valence-corrected chi connectivity index (χ2v) is 13.8. The van der Waals surface area contributed by atoms with E-state index in [1.165, 1.54) is 38.0 Å². The lowest BCUT2D eigenvalue weighted by atomic mass is 9.92. The first-order valence-corrected chi connectivity index (χ1v) is 15.8. The predicted octanol–water partition coefficient (Wildman–Crippen LogP) is 3.98. The van der Waals surface area contributed by atoms with E-state index in [0.717, 1.165) is 10.0 Å². The van der Waals surface area contributed by atoms with Gasteiger partial charge in [0.1, 0.15) is 12.0 Å². The van der Waals surface area contributed by atoms with Crippen LogP contribution in [0.5, 0.6) is 0 Å². The topological polar surface area (TPSA) is 122 Å². The number of methoxy groups -OCH3 is 1. The van der Waals surface area contributed by atoms with Gasteiger partial charge >= 0.3 is 5.97 Å². The van der Waals surface area contributed by atoms with Gasteiger partial charge in [-0.25, -0.2) is 18.3 Å². The van der Waals surface area contributed by atoms with Crippen LogP contribution in [0.1, 0.15) is 18.9 Å². The molecule has 0 bridgehead atoms. The quantitative estimate of drug-likeness (QED) is 0.270. The van der Waals surface area contributed by atoms with Crippen molar-refractivity contribution in [2.45, 2.75) is 30.3 Å². The van der Waals surface area contributed by atoms with Crippen molar-refractivity contribution >= 4 is 78.6 Å². The molecule has 2 amide bonds. The summed E-state index contributed by atoms with van der Waals surface area (Å²) in [6.45, 7) is 1.87. The van der Waals surface area contributed by atoms with Gasteiger partial charge in [-0.1, -0.05) is 51.3 Å². The predicted molar refractivity (Wildman–Crippen MR) is 159 cm³/mol. The number of hydrogen-bond acceptors (Lipinski definition) is 7. The number of aromatic nitrogens is 2. The van der Waals surface area contributed by atoms with Crippen LogP contribution in [-0.2, 0) is 41.1 Å². The minimum absolute atomic E-state index is 0.000742. The minimum Gasteiger partial charge on any atom is -0.469 e. The first kappa shape index (κ1) is 30.5. The van der Waals surface area contributed by atoms with E-state index in [9.17, 15) is 22.8 Å². The molecule has 5 rings (SSSR count). The smallest absolute Gasteiger partial charge is 0.315 e. The third kappa shape index (κ3) is 5.55. The Morgan fingerprint density at radius 3 is 2.26 bits per heavy atom. The van der Waals surface area contributed by atoms with Gasteiger partial charge in [-0.15, -0.1) is 0 Å². The number of carbonyl (C=O) groups excluding carboxylic acids is 3. The number of hydrogen-bond donors (Lipinski definition) is 0. The van der Waals surface area contributed by atoms with Crippen LogP contribution >= 0.6 is 39.1 Å². The van der Waals surface area contributed by atoms with E-state index in [4.69, 9.17) is 23.2 Å². The molecule has 1 unspecified atom stereocenters. The molecule has 222 valence electrons. The number of sulfonamides is 1. The minimum atomic E-state index is -4.17. The number of amides is 2. The summed E-state index contributed by atoms with van der Waals surface area (Å²) in [5.41, 5.74) is -0.221. The zero-order chi connectivity index (χ0) is 30.4. The van der Waals surface area contributed by atoms with Crippen molar-refractivity contribution in [1.82, 2.24) is 18.8 Å². The number of carbonyl (C=O) groups is 3. The standard InChI is InChI=1S/C27H26BrCl2N5O6S/c1-27(15-17-3-5-18(28)6-4-17)25(38)34(21-12-19(29)11-20(30)13-21)26-31-16-23(35(26)27)42(39,40)33-9-7-32(8-10-33)22(36)14-24(37)41-2/h3-6,11-13,16H,7-10,14-15H2,1-2H3. The van der Waals surface area contributed by atoms with Crippen LogP contribution in [0, 0.1) is 0 Å². The number of anilines is 2. The van der Waals surface area contributed by atoms with Gasteiger partial charge in [0.2, 0.25) is 11.9 Å². The maximum atomic E-state index is 14.2. The van der Waals surface area contributed by atoms with Gasteiger partial charge < -0.3 is 9.64 Å². The summed E-state index contributed by atoms with van der Waals surface area (Å²) in [5.74, 6) is -1.39. The van der Waals surface area contributed by atoms with E-state index in [0.29, 0.717) is 15.7 Å². The first-order chi connectivity index (χ1) is 19.8. The average Bonchev–Trinajstić information content (AvgIpc) is 3.47. The van der Waals surface area contributed by atoms with Crippen molar-refractivity contribution in [3.05, 3.63) is 68.7 Å². The van der Waals surface area contributed by atoms with Crippen molar-refractivity contribution in [3.8, 4) is 0 Å². The Kier molecular flexibility index (Phi) is 8.42. The summed E-state index contributed by atoms with van der Waals surface area (Å²) in [5, 5.41) is 0.449. The van der Waals surface area contributed by atoms with Crippen LogP contribution in [-0.4, -0.2) is 78.2 Å². The fourth-order valence-electron chi connectivity index (χ4n) is 5.23. The lowest BCUT2D eigenvalue weighted by Crippen LogP contribution is -2.51. The van der Waals surface area contributed by atoms with E-state index in [-0.39, 0.29) is 43.6 Å². The van der Waals surface area contributed by atoms with E-state index in [2.05, 4.69) is 25.7 Å². The van der Waals surface area contributed by atoms with E-state index >= 15 is 0 Å². The fraction of sp³-hybridized carbons (Fsp3) is 0.333. The number of fused-ring (bicyclic) bond motifs is 1. The van der Waals surface area contributed by atoms with E-state index in [1.54, 1.807) is 19.1 Å². The van der Waals surface area contributed by atoms with Gasteiger partial charge in [-0.05, 0) is 42.8 Å². The molecule has 2 aliphatic rings. The van der Waals surface area contributed by atoms with Gasteiger partial charge in [0.25, 0.3) is 15.9 Å². The summed E-state index contributed by atoms with van der Waals surface area (Å²) in [6, 6.07) is 12.1. The van der Waals surface area contributed by atoms with Crippen molar-refractivity contribution < 1.29 is 27.5 Å². The van der Waals surface area contributed by atoms with Crippen LogP contribution in [0.2, 0.25) is 10.0 Å². The lowest BCUT2D eigenvalue weighted by Gasteiger charge is -2.34. The molecule has 0 N–H and O–H groups in total. The molecule has 0 spiro atoms. The van der Waals surface area contributed by atoms with Crippen molar-refractivity contribution in [2.75, 3.05) is 38.2 Å². The number of piperazine rings is 1. The van der Waals surface area contributed by atoms with Crippen LogP contribution in [0.25, 0.3) is 0 Å². The van der Waals surface area contributed by atoms with Crippen molar-refractivity contribution in [3.63, 3.8) is 0 Å². The van der Waals surface area contributed by atoms with Crippen LogP contribution in [0.4, 0.5) is 11.6 Å². The fourth-order valence-corrected chi connectivity index (χ4v) is 7.62. The Balaban J connectivity index is 1.53. The van der Waals surface area contributed by atoms with Crippen LogP contribution < -0.4 is 4.90 Å². The van der Waals surface area contributed by atoms with Crippen molar-refractivity contribution in [1.29, 1.82) is 0 Å². The maximum absolute atomic E-state index is 14.2. The molecule has 11 nitrogen and oxygen atoms in total.